The van der Waals surface area contributed by atoms with Crippen molar-refractivity contribution in [3.8, 4) is 0 Å². The Balaban J connectivity index is 2.52. The zero-order valence-electron chi connectivity index (χ0n) is 7.13. The molecule has 1 aliphatic rings. The molecule has 1 heterocycles. The van der Waals surface area contributed by atoms with Gasteiger partial charge in [0.25, 0.3) is 0 Å². The highest BCUT2D eigenvalue weighted by atomic mass is 19.2. The third-order valence-electron chi connectivity index (χ3n) is 2.35. The van der Waals surface area contributed by atoms with E-state index < -0.39 is 18.4 Å². The van der Waals surface area contributed by atoms with Crippen LogP contribution in [0.1, 0.15) is 19.8 Å². The molecule has 4 atom stereocenters. The minimum atomic E-state index is -1.42. The van der Waals surface area contributed by atoms with Gasteiger partial charge >= 0.3 is 0 Å². The first kappa shape index (κ1) is 9.86. The van der Waals surface area contributed by atoms with Crippen molar-refractivity contribution >= 4 is 0 Å². The Morgan fingerprint density at radius 3 is 2.67 bits per heavy atom. The summed E-state index contributed by atoms with van der Waals surface area (Å²) in [5.74, 6) is 0. The van der Waals surface area contributed by atoms with E-state index in [1.165, 1.54) is 0 Å². The number of nitrogens with one attached hydrogen (secondary N) is 1. The Bertz CT molecular complexity index is 145. The van der Waals surface area contributed by atoms with Gasteiger partial charge in [-0.3, -0.25) is 0 Å². The van der Waals surface area contributed by atoms with Gasteiger partial charge in [-0.25, -0.2) is 8.78 Å². The lowest BCUT2D eigenvalue weighted by Gasteiger charge is -2.34. The van der Waals surface area contributed by atoms with Gasteiger partial charge in [-0.1, -0.05) is 6.92 Å². The summed E-state index contributed by atoms with van der Waals surface area (Å²) in [6.07, 6.45) is -2.21. The first-order chi connectivity index (χ1) is 5.69. The molecule has 2 nitrogen and oxygen atoms in total. The Kier molecular flexibility index (Phi) is 3.40. The monoisotopic (exact) mass is 179 g/mol. The number of halogens is 2. The fraction of sp³-hybridized carbons (Fsp3) is 1.00. The molecule has 72 valence electrons. The second kappa shape index (κ2) is 4.14. The number of hydrogen-bond donors (Lipinski definition) is 2. The number of aliphatic hydroxyl groups is 1. The van der Waals surface area contributed by atoms with E-state index in [0.29, 0.717) is 6.42 Å². The molecule has 2 N–H and O–H groups in total. The van der Waals surface area contributed by atoms with E-state index in [2.05, 4.69) is 5.32 Å². The van der Waals surface area contributed by atoms with Crippen LogP contribution in [0.4, 0.5) is 8.78 Å². The van der Waals surface area contributed by atoms with Crippen molar-refractivity contribution in [2.45, 2.75) is 44.2 Å². The molecule has 0 radical (unpaired) electrons. The van der Waals surface area contributed by atoms with Crippen LogP contribution in [0.3, 0.4) is 0 Å². The lowest BCUT2D eigenvalue weighted by molar-refractivity contribution is 0.0511. The average Bonchev–Trinajstić information content (AvgIpc) is 2.09. The molecule has 0 aromatic carbocycles. The Morgan fingerprint density at radius 1 is 1.50 bits per heavy atom. The highest BCUT2D eigenvalue weighted by Gasteiger charge is 2.36. The van der Waals surface area contributed by atoms with Crippen LogP contribution in [-0.4, -0.2) is 36.1 Å². The summed E-state index contributed by atoms with van der Waals surface area (Å²) in [4.78, 5) is 0. The van der Waals surface area contributed by atoms with Crippen LogP contribution in [-0.2, 0) is 0 Å². The molecule has 0 amide bonds. The van der Waals surface area contributed by atoms with Gasteiger partial charge in [-0.05, 0) is 12.8 Å². The van der Waals surface area contributed by atoms with Gasteiger partial charge in [-0.15, -0.1) is 0 Å². The summed E-state index contributed by atoms with van der Waals surface area (Å²) in [5, 5.41) is 11.6. The zero-order chi connectivity index (χ0) is 9.14. The van der Waals surface area contributed by atoms with Crippen molar-refractivity contribution in [1.82, 2.24) is 5.32 Å². The maximum Gasteiger partial charge on any atom is 0.146 e. The van der Waals surface area contributed by atoms with Crippen molar-refractivity contribution in [3.05, 3.63) is 0 Å². The zero-order valence-corrected chi connectivity index (χ0v) is 7.13. The van der Waals surface area contributed by atoms with Crippen LogP contribution in [0.5, 0.6) is 0 Å². The Morgan fingerprint density at radius 2 is 2.17 bits per heavy atom. The SMILES string of the molecule is CCC1NC(CO)CC(F)C1F. The fourth-order valence-electron chi connectivity index (χ4n) is 1.59. The third kappa shape index (κ3) is 1.93. The Labute approximate surface area is 71.0 Å². The smallest absolute Gasteiger partial charge is 0.146 e. The predicted octanol–water partition coefficient (Wildman–Crippen LogP) is 0.795. The first-order valence-corrected chi connectivity index (χ1v) is 4.34. The van der Waals surface area contributed by atoms with Gasteiger partial charge in [0.15, 0.2) is 0 Å². The molecule has 12 heavy (non-hydrogen) atoms. The lowest BCUT2D eigenvalue weighted by atomic mass is 9.94. The molecule has 1 aliphatic heterocycles. The summed E-state index contributed by atoms with van der Waals surface area (Å²) in [5.41, 5.74) is 0. The van der Waals surface area contributed by atoms with E-state index in [0.717, 1.165) is 0 Å². The summed E-state index contributed by atoms with van der Waals surface area (Å²) in [7, 11) is 0. The summed E-state index contributed by atoms with van der Waals surface area (Å²) >= 11 is 0. The van der Waals surface area contributed by atoms with Gasteiger partial charge in [0.2, 0.25) is 0 Å². The van der Waals surface area contributed by atoms with E-state index in [1.54, 1.807) is 6.92 Å². The van der Waals surface area contributed by atoms with Gasteiger partial charge in [0.05, 0.1) is 6.61 Å². The molecular formula is C8H15F2NO. The van der Waals surface area contributed by atoms with Crippen LogP contribution in [0.25, 0.3) is 0 Å². The van der Waals surface area contributed by atoms with Crippen molar-refractivity contribution in [2.24, 2.45) is 0 Å². The standard InChI is InChI=1S/C8H15F2NO/c1-2-7-8(10)6(9)3-5(4-12)11-7/h5-8,11-12H,2-4H2,1H3. The summed E-state index contributed by atoms with van der Waals surface area (Å²) in [6, 6.07) is -0.720. The van der Waals surface area contributed by atoms with Gasteiger partial charge < -0.3 is 10.4 Å². The van der Waals surface area contributed by atoms with E-state index in [-0.39, 0.29) is 19.1 Å². The van der Waals surface area contributed by atoms with E-state index in [1.807, 2.05) is 0 Å². The quantitative estimate of drug-likeness (QED) is 0.657. The number of rotatable bonds is 2. The second-order valence-electron chi connectivity index (χ2n) is 3.26. The van der Waals surface area contributed by atoms with Crippen LogP contribution in [0, 0.1) is 0 Å². The minimum absolute atomic E-state index is 0.0775. The topological polar surface area (TPSA) is 32.3 Å². The summed E-state index contributed by atoms with van der Waals surface area (Å²) in [6.45, 7) is 1.68. The molecule has 0 spiro atoms. The maximum absolute atomic E-state index is 13.0. The van der Waals surface area contributed by atoms with E-state index in [9.17, 15) is 8.78 Å². The van der Waals surface area contributed by atoms with Crippen LogP contribution in [0.2, 0.25) is 0 Å². The second-order valence-corrected chi connectivity index (χ2v) is 3.26. The van der Waals surface area contributed by atoms with Crippen LogP contribution in [0.15, 0.2) is 0 Å². The molecule has 4 unspecified atom stereocenters. The van der Waals surface area contributed by atoms with Crippen molar-refractivity contribution in [3.63, 3.8) is 0 Å². The van der Waals surface area contributed by atoms with Gasteiger partial charge in [-0.2, -0.15) is 0 Å². The number of piperidine rings is 1. The molecule has 0 bridgehead atoms. The molecule has 0 saturated carbocycles. The molecule has 0 aromatic rings. The predicted molar refractivity (Wildman–Crippen MR) is 42.5 cm³/mol. The molecule has 4 heteroatoms. The van der Waals surface area contributed by atoms with Crippen molar-refractivity contribution < 1.29 is 13.9 Å². The molecule has 0 aliphatic carbocycles. The number of aliphatic hydroxyl groups excluding tert-OH is 1. The average molecular weight is 179 g/mol. The molecule has 1 rings (SSSR count). The van der Waals surface area contributed by atoms with Crippen molar-refractivity contribution in [2.75, 3.05) is 6.61 Å². The normalized spacial score (nSPS) is 43.0. The molecule has 1 saturated heterocycles. The highest BCUT2D eigenvalue weighted by Crippen LogP contribution is 2.21. The third-order valence-corrected chi connectivity index (χ3v) is 2.35. The van der Waals surface area contributed by atoms with Gasteiger partial charge in [0, 0.05) is 12.1 Å². The fourth-order valence-corrected chi connectivity index (χ4v) is 1.59. The first-order valence-electron chi connectivity index (χ1n) is 4.34. The van der Waals surface area contributed by atoms with Gasteiger partial charge in [0.1, 0.15) is 12.3 Å². The largest absolute Gasteiger partial charge is 0.395 e. The molecular weight excluding hydrogens is 164 g/mol. The highest BCUT2D eigenvalue weighted by molar-refractivity contribution is 4.91. The molecule has 1 fully saturated rings. The Hall–Kier alpha value is -0.220. The maximum atomic E-state index is 13.0. The van der Waals surface area contributed by atoms with Crippen molar-refractivity contribution in [1.29, 1.82) is 0 Å². The minimum Gasteiger partial charge on any atom is -0.395 e. The van der Waals surface area contributed by atoms with E-state index in [4.69, 9.17) is 5.11 Å². The van der Waals surface area contributed by atoms with Crippen LogP contribution < -0.4 is 5.32 Å². The lowest BCUT2D eigenvalue weighted by Crippen LogP contribution is -2.54. The number of hydrogen-bond acceptors (Lipinski definition) is 2. The number of alkyl halides is 2. The summed E-state index contributed by atoms with van der Waals surface area (Å²) < 4.78 is 26.0. The molecule has 0 aromatic heterocycles. The van der Waals surface area contributed by atoms with Crippen LogP contribution >= 0.6 is 0 Å². The van der Waals surface area contributed by atoms with E-state index >= 15 is 0 Å².